The van der Waals surface area contributed by atoms with E-state index in [9.17, 15) is 9.59 Å². The van der Waals surface area contributed by atoms with Crippen LogP contribution in [0.4, 0.5) is 11.4 Å². The number of anilines is 2. The average Bonchev–Trinajstić information content (AvgIpc) is 2.41. The van der Waals surface area contributed by atoms with E-state index in [1.807, 2.05) is 25.1 Å². The Hall–Kier alpha value is -2.14. The molecule has 2 aromatic carbocycles. The fourth-order valence-electron chi connectivity index (χ4n) is 1.90. The van der Waals surface area contributed by atoms with Gasteiger partial charge >= 0.3 is 0 Å². The van der Waals surface area contributed by atoms with Crippen molar-refractivity contribution in [3.63, 3.8) is 0 Å². The van der Waals surface area contributed by atoms with Crippen LogP contribution in [0.15, 0.2) is 46.9 Å². The number of aryl methyl sites for hydroxylation is 1. The molecule has 0 spiro atoms. The van der Waals surface area contributed by atoms with Crippen molar-refractivity contribution in [2.45, 2.75) is 13.8 Å². The second-order valence-corrected chi connectivity index (χ2v) is 5.59. The molecule has 2 rings (SSSR count). The number of hydrogen-bond donors (Lipinski definition) is 2. The van der Waals surface area contributed by atoms with Gasteiger partial charge in [-0.15, -0.1) is 0 Å². The summed E-state index contributed by atoms with van der Waals surface area (Å²) in [6.07, 6.45) is 0. The molecule has 0 aliphatic heterocycles. The van der Waals surface area contributed by atoms with E-state index >= 15 is 0 Å². The van der Waals surface area contributed by atoms with Gasteiger partial charge in [0.1, 0.15) is 0 Å². The predicted octanol–water partition coefficient (Wildman–Crippen LogP) is 3.97. The van der Waals surface area contributed by atoms with Crippen LogP contribution in [-0.2, 0) is 4.79 Å². The molecule has 0 saturated carbocycles. The monoisotopic (exact) mass is 346 g/mol. The maximum atomic E-state index is 12.1. The minimum Gasteiger partial charge on any atom is -0.326 e. The molecule has 0 aliphatic rings. The summed E-state index contributed by atoms with van der Waals surface area (Å²) >= 11 is 3.34. The molecule has 0 unspecified atom stereocenters. The fourth-order valence-corrected chi connectivity index (χ4v) is 2.30. The summed E-state index contributed by atoms with van der Waals surface area (Å²) in [5.41, 5.74) is 2.89. The average molecular weight is 347 g/mol. The molecule has 0 bridgehead atoms. The Morgan fingerprint density at radius 3 is 2.43 bits per heavy atom. The van der Waals surface area contributed by atoms with E-state index in [-0.39, 0.29) is 11.8 Å². The first-order valence-electron chi connectivity index (χ1n) is 6.41. The third kappa shape index (κ3) is 4.16. The van der Waals surface area contributed by atoms with Gasteiger partial charge in [-0.25, -0.2) is 0 Å². The smallest absolute Gasteiger partial charge is 0.255 e. The van der Waals surface area contributed by atoms with Gasteiger partial charge in [0, 0.05) is 28.3 Å². The first-order chi connectivity index (χ1) is 9.95. The summed E-state index contributed by atoms with van der Waals surface area (Å²) in [6, 6.07) is 12.5. The Bertz CT molecular complexity index is 698. The molecule has 0 saturated heterocycles. The van der Waals surface area contributed by atoms with Crippen molar-refractivity contribution in [2.24, 2.45) is 0 Å². The molecule has 2 amide bonds. The van der Waals surface area contributed by atoms with Crippen molar-refractivity contribution < 1.29 is 9.59 Å². The van der Waals surface area contributed by atoms with E-state index in [1.165, 1.54) is 6.92 Å². The number of amides is 2. The second-order valence-electron chi connectivity index (χ2n) is 4.68. The van der Waals surface area contributed by atoms with Gasteiger partial charge in [-0.2, -0.15) is 0 Å². The van der Waals surface area contributed by atoms with Crippen molar-refractivity contribution in [1.29, 1.82) is 0 Å². The molecular weight excluding hydrogens is 332 g/mol. The van der Waals surface area contributed by atoms with Crippen LogP contribution in [0.3, 0.4) is 0 Å². The Morgan fingerprint density at radius 1 is 1.05 bits per heavy atom. The first-order valence-corrected chi connectivity index (χ1v) is 7.20. The topological polar surface area (TPSA) is 58.2 Å². The molecule has 2 aromatic rings. The van der Waals surface area contributed by atoms with Crippen molar-refractivity contribution in [3.05, 3.63) is 58.1 Å². The normalized spacial score (nSPS) is 10.0. The lowest BCUT2D eigenvalue weighted by molar-refractivity contribution is -0.114. The van der Waals surface area contributed by atoms with Crippen molar-refractivity contribution in [1.82, 2.24) is 0 Å². The van der Waals surface area contributed by atoms with E-state index in [1.54, 1.807) is 24.3 Å². The van der Waals surface area contributed by atoms with Crippen LogP contribution in [0.5, 0.6) is 0 Å². The summed E-state index contributed by atoms with van der Waals surface area (Å²) in [5.74, 6) is -0.299. The van der Waals surface area contributed by atoms with Crippen molar-refractivity contribution >= 4 is 39.1 Å². The summed E-state index contributed by atoms with van der Waals surface area (Å²) in [5, 5.41) is 5.57. The van der Waals surface area contributed by atoms with E-state index in [2.05, 4.69) is 26.6 Å². The van der Waals surface area contributed by atoms with Crippen LogP contribution < -0.4 is 10.6 Å². The summed E-state index contributed by atoms with van der Waals surface area (Å²) in [4.78, 5) is 23.2. The molecule has 108 valence electrons. The number of benzene rings is 2. The number of rotatable bonds is 3. The third-order valence-corrected chi connectivity index (χ3v) is 3.38. The molecule has 0 fully saturated rings. The zero-order valence-electron chi connectivity index (χ0n) is 11.7. The third-order valence-electron chi connectivity index (χ3n) is 2.88. The van der Waals surface area contributed by atoms with Gasteiger partial charge in [0.25, 0.3) is 5.91 Å². The molecule has 0 atom stereocenters. The van der Waals surface area contributed by atoms with Gasteiger partial charge in [-0.3, -0.25) is 9.59 Å². The van der Waals surface area contributed by atoms with Gasteiger partial charge in [-0.1, -0.05) is 22.0 Å². The van der Waals surface area contributed by atoms with E-state index in [0.29, 0.717) is 11.3 Å². The Labute approximate surface area is 131 Å². The maximum absolute atomic E-state index is 12.1. The van der Waals surface area contributed by atoms with E-state index < -0.39 is 0 Å². The highest BCUT2D eigenvalue weighted by Gasteiger charge is 2.08. The zero-order chi connectivity index (χ0) is 15.4. The molecule has 2 N–H and O–H groups in total. The Kier molecular flexibility index (Phi) is 4.75. The van der Waals surface area contributed by atoms with Crippen LogP contribution in [0.2, 0.25) is 0 Å². The lowest BCUT2D eigenvalue weighted by Gasteiger charge is -2.10. The van der Waals surface area contributed by atoms with Gasteiger partial charge in [0.05, 0.1) is 0 Å². The summed E-state index contributed by atoms with van der Waals surface area (Å²) < 4.78 is 0.854. The largest absolute Gasteiger partial charge is 0.326 e. The van der Waals surface area contributed by atoms with Gasteiger partial charge in [0.15, 0.2) is 0 Å². The van der Waals surface area contributed by atoms with Crippen LogP contribution in [0.25, 0.3) is 0 Å². The van der Waals surface area contributed by atoms with Crippen molar-refractivity contribution in [3.8, 4) is 0 Å². The SMILES string of the molecule is CC(=O)Nc1ccc(NC(=O)c2cccc(Br)c2)cc1C. The summed E-state index contributed by atoms with van der Waals surface area (Å²) in [7, 11) is 0. The number of hydrogen-bond acceptors (Lipinski definition) is 2. The molecule has 5 heteroatoms. The Balaban J connectivity index is 2.15. The van der Waals surface area contributed by atoms with Crippen LogP contribution >= 0.6 is 15.9 Å². The Morgan fingerprint density at radius 2 is 1.81 bits per heavy atom. The number of carbonyl (C=O) groups is 2. The van der Waals surface area contributed by atoms with E-state index in [4.69, 9.17) is 0 Å². The molecule has 4 nitrogen and oxygen atoms in total. The van der Waals surface area contributed by atoms with Gasteiger partial charge in [0.2, 0.25) is 5.91 Å². The van der Waals surface area contributed by atoms with E-state index in [0.717, 1.165) is 15.7 Å². The van der Waals surface area contributed by atoms with Gasteiger partial charge < -0.3 is 10.6 Å². The number of carbonyl (C=O) groups excluding carboxylic acids is 2. The lowest BCUT2D eigenvalue weighted by Crippen LogP contribution is -2.12. The van der Waals surface area contributed by atoms with Crippen molar-refractivity contribution in [2.75, 3.05) is 10.6 Å². The highest BCUT2D eigenvalue weighted by Crippen LogP contribution is 2.20. The number of nitrogens with one attached hydrogen (secondary N) is 2. The van der Waals surface area contributed by atoms with Crippen LogP contribution in [0.1, 0.15) is 22.8 Å². The lowest BCUT2D eigenvalue weighted by atomic mass is 10.1. The molecule has 21 heavy (non-hydrogen) atoms. The quantitative estimate of drug-likeness (QED) is 0.883. The molecule has 0 heterocycles. The minimum absolute atomic E-state index is 0.121. The minimum atomic E-state index is -0.178. The fraction of sp³-hybridized carbons (Fsp3) is 0.125. The van der Waals surface area contributed by atoms with Crippen LogP contribution in [0, 0.1) is 6.92 Å². The highest BCUT2D eigenvalue weighted by molar-refractivity contribution is 9.10. The molecule has 0 radical (unpaired) electrons. The molecule has 0 aromatic heterocycles. The predicted molar refractivity (Wildman–Crippen MR) is 87.6 cm³/mol. The first kappa shape index (κ1) is 15.3. The summed E-state index contributed by atoms with van der Waals surface area (Å²) in [6.45, 7) is 3.34. The second kappa shape index (κ2) is 6.54. The molecule has 0 aliphatic carbocycles. The van der Waals surface area contributed by atoms with Gasteiger partial charge in [-0.05, 0) is 48.9 Å². The zero-order valence-corrected chi connectivity index (χ0v) is 13.3. The van der Waals surface area contributed by atoms with Crippen LogP contribution in [-0.4, -0.2) is 11.8 Å². The highest BCUT2D eigenvalue weighted by atomic mass is 79.9. The maximum Gasteiger partial charge on any atom is 0.255 e. The standard InChI is InChI=1S/C16H15BrN2O2/c1-10-8-14(6-7-15(10)18-11(2)20)19-16(21)12-4-3-5-13(17)9-12/h3-9H,1-2H3,(H,18,20)(H,19,21). The number of halogens is 1. The molecular formula is C16H15BrN2O2.